The van der Waals surface area contributed by atoms with Crippen molar-refractivity contribution in [3.8, 4) is 5.82 Å². The Morgan fingerprint density at radius 3 is 3.00 bits per heavy atom. The monoisotopic (exact) mass is 298 g/mol. The van der Waals surface area contributed by atoms with Crippen molar-refractivity contribution in [1.82, 2.24) is 19.7 Å². The minimum absolute atomic E-state index is 0.224. The van der Waals surface area contributed by atoms with Crippen LogP contribution >= 0.6 is 27.5 Å². The first-order valence-corrected chi connectivity index (χ1v) is 6.15. The van der Waals surface area contributed by atoms with Gasteiger partial charge in [-0.15, -0.1) is 0 Å². The predicted octanol–water partition coefficient (Wildman–Crippen LogP) is 2.96. The third-order valence-electron chi connectivity index (χ3n) is 2.52. The smallest absolute Gasteiger partial charge is 0.224 e. The zero-order valence-corrected chi connectivity index (χ0v) is 10.6. The maximum absolute atomic E-state index is 5.76. The second kappa shape index (κ2) is 3.82. The van der Waals surface area contributed by atoms with Crippen molar-refractivity contribution >= 4 is 27.5 Å². The van der Waals surface area contributed by atoms with E-state index in [2.05, 4.69) is 31.0 Å². The molecule has 2 aromatic rings. The highest BCUT2D eigenvalue weighted by Crippen LogP contribution is 2.39. The molecule has 0 spiro atoms. The molecule has 0 bridgehead atoms. The molecule has 1 fully saturated rings. The van der Waals surface area contributed by atoms with E-state index in [1.54, 1.807) is 10.9 Å². The highest BCUT2D eigenvalue weighted by atomic mass is 79.9. The van der Waals surface area contributed by atoms with Crippen LogP contribution in [0.25, 0.3) is 5.82 Å². The predicted molar refractivity (Wildman–Crippen MR) is 63.8 cm³/mol. The fourth-order valence-corrected chi connectivity index (χ4v) is 2.05. The maximum Gasteiger partial charge on any atom is 0.224 e. The Morgan fingerprint density at radius 2 is 2.25 bits per heavy atom. The molecule has 82 valence electrons. The van der Waals surface area contributed by atoms with Gasteiger partial charge >= 0.3 is 0 Å². The van der Waals surface area contributed by atoms with Crippen molar-refractivity contribution in [2.24, 2.45) is 0 Å². The van der Waals surface area contributed by atoms with E-state index in [4.69, 9.17) is 11.6 Å². The van der Waals surface area contributed by atoms with Crippen LogP contribution in [0.2, 0.25) is 5.28 Å². The standard InChI is InChI=1S/C10H8BrClN4/c11-7-5-13-10(12)14-9(7)16-4-3-8(15-16)6-1-2-6/h3-6H,1-2H2. The minimum Gasteiger partial charge on any atom is -0.225 e. The van der Waals surface area contributed by atoms with E-state index in [0.717, 1.165) is 10.2 Å². The third-order valence-corrected chi connectivity index (χ3v) is 3.26. The van der Waals surface area contributed by atoms with Crippen LogP contribution in [0.5, 0.6) is 0 Å². The summed E-state index contributed by atoms with van der Waals surface area (Å²) in [5.74, 6) is 1.31. The second-order valence-corrected chi connectivity index (χ2v) is 4.96. The molecule has 0 unspecified atom stereocenters. The lowest BCUT2D eigenvalue weighted by Gasteiger charge is -2.02. The van der Waals surface area contributed by atoms with Crippen molar-refractivity contribution < 1.29 is 0 Å². The van der Waals surface area contributed by atoms with Crippen LogP contribution in [0.15, 0.2) is 22.9 Å². The summed E-state index contributed by atoms with van der Waals surface area (Å²) in [6, 6.07) is 2.03. The van der Waals surface area contributed by atoms with Crippen LogP contribution in [0.3, 0.4) is 0 Å². The van der Waals surface area contributed by atoms with Gasteiger partial charge in [0.1, 0.15) is 0 Å². The largest absolute Gasteiger partial charge is 0.225 e. The van der Waals surface area contributed by atoms with Crippen molar-refractivity contribution in [3.05, 3.63) is 33.9 Å². The molecule has 16 heavy (non-hydrogen) atoms. The lowest BCUT2D eigenvalue weighted by Crippen LogP contribution is -2.01. The number of aromatic nitrogens is 4. The highest BCUT2D eigenvalue weighted by Gasteiger charge is 2.26. The molecule has 4 nitrogen and oxygen atoms in total. The number of hydrogen-bond acceptors (Lipinski definition) is 3. The summed E-state index contributed by atoms with van der Waals surface area (Å²) in [5, 5.41) is 4.71. The van der Waals surface area contributed by atoms with Gasteiger partial charge in [-0.2, -0.15) is 10.1 Å². The van der Waals surface area contributed by atoms with E-state index in [-0.39, 0.29) is 5.28 Å². The average Bonchev–Trinajstić information content (AvgIpc) is 3.01. The SMILES string of the molecule is Clc1ncc(Br)c(-n2ccc(C3CC3)n2)n1. The minimum atomic E-state index is 0.224. The van der Waals surface area contributed by atoms with Gasteiger partial charge in [-0.1, -0.05) is 0 Å². The van der Waals surface area contributed by atoms with Gasteiger partial charge in [-0.3, -0.25) is 0 Å². The summed E-state index contributed by atoms with van der Waals surface area (Å²) < 4.78 is 2.51. The number of hydrogen-bond donors (Lipinski definition) is 0. The highest BCUT2D eigenvalue weighted by molar-refractivity contribution is 9.10. The Balaban J connectivity index is 2.03. The van der Waals surface area contributed by atoms with Crippen LogP contribution in [-0.2, 0) is 0 Å². The molecule has 0 radical (unpaired) electrons. The van der Waals surface area contributed by atoms with Gasteiger partial charge in [0, 0.05) is 18.3 Å². The molecule has 1 aliphatic carbocycles. The zero-order chi connectivity index (χ0) is 11.1. The van der Waals surface area contributed by atoms with E-state index in [9.17, 15) is 0 Å². The Kier molecular flexibility index (Phi) is 2.44. The first-order valence-electron chi connectivity index (χ1n) is 4.98. The van der Waals surface area contributed by atoms with Crippen molar-refractivity contribution in [1.29, 1.82) is 0 Å². The quantitative estimate of drug-likeness (QED) is 0.801. The third kappa shape index (κ3) is 1.85. The van der Waals surface area contributed by atoms with E-state index >= 15 is 0 Å². The van der Waals surface area contributed by atoms with Crippen molar-refractivity contribution in [3.63, 3.8) is 0 Å². The number of nitrogens with zero attached hydrogens (tertiary/aromatic N) is 4. The normalized spacial score (nSPS) is 15.4. The van der Waals surface area contributed by atoms with Crippen molar-refractivity contribution in [2.75, 3.05) is 0 Å². The molecule has 0 saturated heterocycles. The molecule has 2 heterocycles. The van der Waals surface area contributed by atoms with Crippen LogP contribution in [0, 0.1) is 0 Å². The molecule has 1 aliphatic rings. The molecular formula is C10H8BrClN4. The molecule has 0 aliphatic heterocycles. The lowest BCUT2D eigenvalue weighted by molar-refractivity contribution is 0.803. The number of rotatable bonds is 2. The van der Waals surface area contributed by atoms with Crippen LogP contribution in [-0.4, -0.2) is 19.7 Å². The van der Waals surface area contributed by atoms with E-state index in [0.29, 0.717) is 11.7 Å². The van der Waals surface area contributed by atoms with Gasteiger partial charge < -0.3 is 0 Å². The molecular weight excluding hydrogens is 291 g/mol. The summed E-state index contributed by atoms with van der Waals surface area (Å²) in [7, 11) is 0. The molecule has 1 saturated carbocycles. The fraction of sp³-hybridized carbons (Fsp3) is 0.300. The molecule has 0 N–H and O–H groups in total. The first-order chi connectivity index (χ1) is 7.74. The molecule has 3 rings (SSSR count). The Morgan fingerprint density at radius 1 is 1.44 bits per heavy atom. The Hall–Kier alpha value is -0.940. The lowest BCUT2D eigenvalue weighted by atomic mass is 10.3. The van der Waals surface area contributed by atoms with Crippen LogP contribution in [0.4, 0.5) is 0 Å². The van der Waals surface area contributed by atoms with Gasteiger partial charge in [-0.05, 0) is 46.4 Å². The Labute approximate surface area is 106 Å². The van der Waals surface area contributed by atoms with Gasteiger partial charge in [-0.25, -0.2) is 9.67 Å². The van der Waals surface area contributed by atoms with Gasteiger partial charge in [0.25, 0.3) is 0 Å². The van der Waals surface area contributed by atoms with Crippen molar-refractivity contribution in [2.45, 2.75) is 18.8 Å². The van der Waals surface area contributed by atoms with Crippen LogP contribution < -0.4 is 0 Å². The summed E-state index contributed by atoms with van der Waals surface area (Å²) in [6.45, 7) is 0. The topological polar surface area (TPSA) is 43.6 Å². The molecule has 0 aromatic carbocycles. The van der Waals surface area contributed by atoms with Gasteiger partial charge in [0.05, 0.1) is 10.2 Å². The maximum atomic E-state index is 5.76. The molecule has 0 amide bonds. The number of halogens is 2. The van der Waals surface area contributed by atoms with E-state index in [1.165, 1.54) is 12.8 Å². The van der Waals surface area contributed by atoms with Crippen LogP contribution in [0.1, 0.15) is 24.5 Å². The fourth-order valence-electron chi connectivity index (χ4n) is 1.55. The second-order valence-electron chi connectivity index (χ2n) is 3.77. The molecule has 0 atom stereocenters. The van der Waals surface area contributed by atoms with Gasteiger partial charge in [0.2, 0.25) is 5.28 Å². The summed E-state index contributed by atoms with van der Waals surface area (Å²) >= 11 is 9.15. The summed E-state index contributed by atoms with van der Waals surface area (Å²) in [4.78, 5) is 8.03. The van der Waals surface area contributed by atoms with Gasteiger partial charge in [0.15, 0.2) is 5.82 Å². The first kappa shape index (κ1) is 10.2. The summed E-state index contributed by atoms with van der Waals surface area (Å²) in [6.07, 6.45) is 6.01. The van der Waals surface area contributed by atoms with E-state index < -0.39 is 0 Å². The molecule has 6 heteroatoms. The molecule has 2 aromatic heterocycles. The Bertz CT molecular complexity index is 535. The zero-order valence-electron chi connectivity index (χ0n) is 8.27. The average molecular weight is 300 g/mol. The summed E-state index contributed by atoms with van der Waals surface area (Å²) in [5.41, 5.74) is 1.13. The van der Waals surface area contributed by atoms with E-state index in [1.807, 2.05) is 12.3 Å².